The van der Waals surface area contributed by atoms with Crippen LogP contribution < -0.4 is 4.72 Å². The molecular weight excluding hydrogens is 281 g/mol. The first-order valence-electron chi connectivity index (χ1n) is 5.20. The molecule has 0 spiro atoms. The van der Waals surface area contributed by atoms with Gasteiger partial charge in [-0.15, -0.1) is 0 Å². The highest BCUT2D eigenvalue weighted by Gasteiger charge is 2.19. The smallest absolute Gasteiger partial charge is 0.212 e. The van der Waals surface area contributed by atoms with E-state index in [1.165, 1.54) is 0 Å². The van der Waals surface area contributed by atoms with Gasteiger partial charge >= 0.3 is 0 Å². The summed E-state index contributed by atoms with van der Waals surface area (Å²) in [6, 6.07) is 4.73. The average molecular weight is 296 g/mol. The van der Waals surface area contributed by atoms with Crippen LogP contribution in [-0.4, -0.2) is 13.7 Å². The molecule has 0 saturated carbocycles. The number of rotatable bonds is 4. The van der Waals surface area contributed by atoms with Gasteiger partial charge in [0, 0.05) is 6.04 Å². The molecule has 96 valence electrons. The van der Waals surface area contributed by atoms with Crippen LogP contribution in [0.4, 0.5) is 0 Å². The summed E-state index contributed by atoms with van der Waals surface area (Å²) in [6.07, 6.45) is 0. The fourth-order valence-corrected chi connectivity index (χ4v) is 2.44. The molecule has 0 aliphatic rings. The molecule has 1 N–H and O–H groups in total. The van der Waals surface area contributed by atoms with Crippen molar-refractivity contribution >= 4 is 33.2 Å². The zero-order valence-corrected chi connectivity index (χ0v) is 12.2. The molecule has 0 bridgehead atoms. The van der Waals surface area contributed by atoms with E-state index in [0.29, 0.717) is 10.0 Å². The van der Waals surface area contributed by atoms with E-state index in [9.17, 15) is 8.42 Å². The highest BCUT2D eigenvalue weighted by molar-refractivity contribution is 7.90. The topological polar surface area (TPSA) is 46.2 Å². The summed E-state index contributed by atoms with van der Waals surface area (Å²) < 4.78 is 26.0. The Labute approximate surface area is 112 Å². The molecule has 0 radical (unpaired) electrons. The third kappa shape index (κ3) is 3.85. The van der Waals surface area contributed by atoms with Gasteiger partial charge in [-0.05, 0) is 38.5 Å². The van der Waals surface area contributed by atoms with Gasteiger partial charge in [0.05, 0.1) is 15.3 Å². The summed E-state index contributed by atoms with van der Waals surface area (Å²) in [7, 11) is -3.29. The van der Waals surface area contributed by atoms with Gasteiger partial charge < -0.3 is 0 Å². The minimum atomic E-state index is -3.29. The second-order valence-electron chi connectivity index (χ2n) is 4.11. The fraction of sp³-hybridized carbons (Fsp3) is 0.455. The van der Waals surface area contributed by atoms with Gasteiger partial charge in [0.1, 0.15) is 0 Å². The second kappa shape index (κ2) is 5.57. The van der Waals surface area contributed by atoms with Gasteiger partial charge in [0.2, 0.25) is 10.0 Å². The van der Waals surface area contributed by atoms with Gasteiger partial charge in [-0.25, -0.2) is 13.1 Å². The lowest BCUT2D eigenvalue weighted by Crippen LogP contribution is -2.32. The molecule has 1 unspecified atom stereocenters. The standard InChI is InChI=1S/C11H15Cl2NO2S/c1-7(2)17(15,16)14-8(3)9-4-5-10(12)11(13)6-9/h4-8,14H,1-3H3. The van der Waals surface area contributed by atoms with Crippen molar-refractivity contribution in [2.45, 2.75) is 32.1 Å². The van der Waals surface area contributed by atoms with Crippen molar-refractivity contribution in [1.29, 1.82) is 0 Å². The van der Waals surface area contributed by atoms with Crippen LogP contribution in [-0.2, 0) is 10.0 Å². The van der Waals surface area contributed by atoms with Gasteiger partial charge in [-0.2, -0.15) is 0 Å². The fourth-order valence-electron chi connectivity index (χ4n) is 1.23. The third-order valence-electron chi connectivity index (χ3n) is 2.41. The first kappa shape index (κ1) is 14.8. The van der Waals surface area contributed by atoms with Crippen LogP contribution in [0, 0.1) is 0 Å². The number of hydrogen-bond acceptors (Lipinski definition) is 2. The lowest BCUT2D eigenvalue weighted by atomic mass is 10.1. The maximum atomic E-state index is 11.7. The predicted molar refractivity (Wildman–Crippen MR) is 72.1 cm³/mol. The quantitative estimate of drug-likeness (QED) is 0.925. The normalized spacial score (nSPS) is 14.0. The van der Waals surface area contributed by atoms with Gasteiger partial charge in [0.25, 0.3) is 0 Å². The van der Waals surface area contributed by atoms with Gasteiger partial charge in [0.15, 0.2) is 0 Å². The summed E-state index contributed by atoms with van der Waals surface area (Å²) in [5, 5.41) is 0.404. The second-order valence-corrected chi connectivity index (χ2v) is 7.19. The van der Waals surface area contributed by atoms with Gasteiger partial charge in [-0.3, -0.25) is 0 Å². The van der Waals surface area contributed by atoms with Crippen molar-refractivity contribution < 1.29 is 8.42 Å². The lowest BCUT2D eigenvalue weighted by molar-refractivity contribution is 0.558. The summed E-state index contributed by atoms with van der Waals surface area (Å²) in [5.41, 5.74) is 0.781. The Balaban J connectivity index is 2.91. The van der Waals surface area contributed by atoms with Crippen LogP contribution in [0.1, 0.15) is 32.4 Å². The van der Waals surface area contributed by atoms with Gasteiger partial charge in [-0.1, -0.05) is 29.3 Å². The molecule has 0 aliphatic carbocycles. The van der Waals surface area contributed by atoms with Crippen molar-refractivity contribution in [3.05, 3.63) is 33.8 Å². The van der Waals surface area contributed by atoms with E-state index in [1.54, 1.807) is 39.0 Å². The Kier molecular flexibility index (Phi) is 4.84. The highest BCUT2D eigenvalue weighted by Crippen LogP contribution is 2.25. The molecule has 0 saturated heterocycles. The van der Waals surface area contributed by atoms with Crippen molar-refractivity contribution in [2.24, 2.45) is 0 Å². The molecule has 0 aliphatic heterocycles. The Morgan fingerprint density at radius 1 is 1.12 bits per heavy atom. The average Bonchev–Trinajstić information content (AvgIpc) is 2.21. The molecular formula is C11H15Cl2NO2S. The summed E-state index contributed by atoms with van der Waals surface area (Å²) in [6.45, 7) is 5.02. The highest BCUT2D eigenvalue weighted by atomic mass is 35.5. The van der Waals surface area contributed by atoms with Crippen LogP contribution >= 0.6 is 23.2 Å². The van der Waals surface area contributed by atoms with Crippen LogP contribution in [0.2, 0.25) is 10.0 Å². The maximum absolute atomic E-state index is 11.7. The lowest BCUT2D eigenvalue weighted by Gasteiger charge is -2.17. The SMILES string of the molecule is CC(NS(=O)(=O)C(C)C)c1ccc(Cl)c(Cl)c1. The number of benzene rings is 1. The Morgan fingerprint density at radius 3 is 2.18 bits per heavy atom. The number of hydrogen-bond donors (Lipinski definition) is 1. The van der Waals surface area contributed by atoms with E-state index in [2.05, 4.69) is 4.72 Å². The van der Waals surface area contributed by atoms with Crippen molar-refractivity contribution in [3.63, 3.8) is 0 Å². The zero-order valence-electron chi connectivity index (χ0n) is 9.87. The molecule has 6 heteroatoms. The summed E-state index contributed by atoms with van der Waals surface area (Å²) in [5.74, 6) is 0. The van der Waals surface area contributed by atoms with Crippen LogP contribution in [0.5, 0.6) is 0 Å². The molecule has 3 nitrogen and oxygen atoms in total. The van der Waals surface area contributed by atoms with E-state index < -0.39 is 15.3 Å². The first-order chi connectivity index (χ1) is 7.74. The number of nitrogens with one attached hydrogen (secondary N) is 1. The molecule has 1 aromatic rings. The largest absolute Gasteiger partial charge is 0.214 e. The van der Waals surface area contributed by atoms with Crippen molar-refractivity contribution in [2.75, 3.05) is 0 Å². The molecule has 1 rings (SSSR count). The van der Waals surface area contributed by atoms with Crippen LogP contribution in [0.15, 0.2) is 18.2 Å². The summed E-state index contributed by atoms with van der Waals surface area (Å²) in [4.78, 5) is 0. The first-order valence-corrected chi connectivity index (χ1v) is 7.50. The van der Waals surface area contributed by atoms with Crippen LogP contribution in [0.25, 0.3) is 0 Å². The Hall–Kier alpha value is -0.290. The van der Waals surface area contributed by atoms with E-state index in [0.717, 1.165) is 5.56 Å². The molecule has 0 aromatic heterocycles. The number of halogens is 2. The molecule has 0 fully saturated rings. The summed E-state index contributed by atoms with van der Waals surface area (Å²) >= 11 is 11.7. The monoisotopic (exact) mass is 295 g/mol. The minimum Gasteiger partial charge on any atom is -0.212 e. The van der Waals surface area contributed by atoms with Crippen LogP contribution in [0.3, 0.4) is 0 Å². The third-order valence-corrected chi connectivity index (χ3v) is 5.07. The molecule has 17 heavy (non-hydrogen) atoms. The zero-order chi connectivity index (χ0) is 13.2. The number of sulfonamides is 1. The molecule has 1 atom stereocenters. The van der Waals surface area contributed by atoms with E-state index >= 15 is 0 Å². The molecule has 0 heterocycles. The van der Waals surface area contributed by atoms with E-state index in [-0.39, 0.29) is 6.04 Å². The van der Waals surface area contributed by atoms with Crippen molar-refractivity contribution in [3.8, 4) is 0 Å². The predicted octanol–water partition coefficient (Wildman–Crippen LogP) is 3.38. The van der Waals surface area contributed by atoms with E-state index in [4.69, 9.17) is 23.2 Å². The van der Waals surface area contributed by atoms with E-state index in [1.807, 2.05) is 0 Å². The maximum Gasteiger partial charge on any atom is 0.214 e. The molecule has 0 amide bonds. The minimum absolute atomic E-state index is 0.336. The molecule has 1 aromatic carbocycles. The Morgan fingerprint density at radius 2 is 1.71 bits per heavy atom. The van der Waals surface area contributed by atoms with Crippen molar-refractivity contribution in [1.82, 2.24) is 4.72 Å². The Bertz CT molecular complexity index is 500.